The minimum atomic E-state index is 0.0278. The van der Waals surface area contributed by atoms with Gasteiger partial charge in [-0.25, -0.2) is 0 Å². The lowest BCUT2D eigenvalue weighted by atomic mass is 10.7. The molecular weight excluding hydrogens is 94.0 g/mol. The zero-order valence-corrected chi connectivity index (χ0v) is 4.13. The van der Waals surface area contributed by atoms with Gasteiger partial charge in [0.25, 0.3) is 0 Å². The molecule has 0 atom stereocenters. The Bertz CT molecular complexity index is 28.9. The second kappa shape index (κ2) is 5.88. The first-order valence-electron chi connectivity index (χ1n) is 2.21. The molecule has 2 radical (unpaired) electrons. The summed E-state index contributed by atoms with van der Waals surface area (Å²) in [5, 5.41) is 8.09. The summed E-state index contributed by atoms with van der Waals surface area (Å²) in [4.78, 5) is 0. The summed E-state index contributed by atoms with van der Waals surface area (Å²) in [6, 6.07) is 0. The van der Waals surface area contributed by atoms with E-state index in [2.05, 4.69) is 4.74 Å². The van der Waals surface area contributed by atoms with Crippen molar-refractivity contribution in [3.8, 4) is 0 Å². The van der Waals surface area contributed by atoms with Crippen molar-refractivity contribution in [3.05, 3.63) is 0 Å². The number of hydrogen-bond acceptors (Lipinski definition) is 2. The summed E-state index contributed by atoms with van der Waals surface area (Å²) >= 11 is 0. The molecule has 3 heteroatoms. The Hall–Kier alpha value is -0.120. The molecule has 0 aliphatic rings. The predicted molar refractivity (Wildman–Crippen MR) is 24.9 cm³/mol. The molecule has 0 unspecified atom stereocenters. The Balaban J connectivity index is 2.45. The van der Waals surface area contributed by atoms with Gasteiger partial charge < -0.3 is 9.84 Å². The normalized spacial score (nSPS) is 9.43. The lowest BCUT2D eigenvalue weighted by Gasteiger charge is -1.93. The van der Waals surface area contributed by atoms with Crippen molar-refractivity contribution in [2.75, 3.05) is 26.4 Å². The van der Waals surface area contributed by atoms with Gasteiger partial charge in [-0.15, -0.1) is 5.73 Å². The van der Waals surface area contributed by atoms with E-state index in [1.165, 1.54) is 0 Å². The monoisotopic (exact) mass is 103 g/mol. The number of hydrogen-bond donors (Lipinski definition) is 1. The van der Waals surface area contributed by atoms with Gasteiger partial charge in [-0.3, -0.25) is 0 Å². The molecule has 7 heavy (non-hydrogen) atoms. The molecule has 42 valence electrons. The third-order valence-corrected chi connectivity index (χ3v) is 0.471. The third-order valence-electron chi connectivity index (χ3n) is 0.471. The van der Waals surface area contributed by atoms with Crippen LogP contribution in [0.3, 0.4) is 0 Å². The molecule has 0 bridgehead atoms. The van der Waals surface area contributed by atoms with Crippen LogP contribution in [0.15, 0.2) is 0 Å². The molecule has 0 heterocycles. The molecule has 0 aliphatic heterocycles. The Labute approximate surface area is 43.1 Å². The van der Waals surface area contributed by atoms with Crippen LogP contribution >= 0.6 is 0 Å². The van der Waals surface area contributed by atoms with Gasteiger partial charge in [-0.05, 0) is 0 Å². The molecule has 0 spiro atoms. The fourth-order valence-corrected chi connectivity index (χ4v) is 0.231. The number of ether oxygens (including phenoxy) is 1. The zero-order chi connectivity index (χ0) is 5.54. The van der Waals surface area contributed by atoms with Crippen LogP contribution in [0.25, 0.3) is 0 Å². The van der Waals surface area contributed by atoms with Crippen LogP contribution in [0.4, 0.5) is 0 Å². The second-order valence-electron chi connectivity index (χ2n) is 1.06. The molecule has 3 nitrogen and oxygen atoms in total. The van der Waals surface area contributed by atoms with Gasteiger partial charge >= 0.3 is 0 Å². The van der Waals surface area contributed by atoms with Gasteiger partial charge in [0.05, 0.1) is 26.4 Å². The van der Waals surface area contributed by atoms with Gasteiger partial charge in [0.2, 0.25) is 0 Å². The van der Waals surface area contributed by atoms with Gasteiger partial charge in [-0.2, -0.15) is 0 Å². The van der Waals surface area contributed by atoms with Crippen molar-refractivity contribution in [3.63, 3.8) is 0 Å². The molecule has 0 aromatic heterocycles. The molecule has 0 fully saturated rings. The first kappa shape index (κ1) is 6.88. The van der Waals surface area contributed by atoms with Crippen LogP contribution < -0.4 is 5.73 Å². The quantitative estimate of drug-likeness (QED) is 0.467. The number of aliphatic hydroxyl groups excluding tert-OH is 1. The molecule has 1 N–H and O–H groups in total. The van der Waals surface area contributed by atoms with E-state index in [1.54, 1.807) is 0 Å². The fraction of sp³-hybridized carbons (Fsp3) is 1.00. The van der Waals surface area contributed by atoms with Crippen LogP contribution in [0.2, 0.25) is 0 Å². The number of nitrogens with zero attached hydrogens (tertiary/aromatic N) is 1. The maximum atomic E-state index is 8.09. The van der Waals surface area contributed by atoms with Crippen molar-refractivity contribution in [2.24, 2.45) is 0 Å². The Kier molecular flexibility index (Phi) is 5.78. The minimum absolute atomic E-state index is 0.0278. The van der Waals surface area contributed by atoms with Crippen LogP contribution in [-0.4, -0.2) is 31.5 Å². The van der Waals surface area contributed by atoms with Gasteiger partial charge in [0.1, 0.15) is 0 Å². The second-order valence-corrected chi connectivity index (χ2v) is 1.06. The summed E-state index contributed by atoms with van der Waals surface area (Å²) in [5.41, 5.74) is 8.09. The first-order chi connectivity index (χ1) is 3.41. The van der Waals surface area contributed by atoms with Gasteiger partial charge in [-0.1, -0.05) is 0 Å². The average molecular weight is 103 g/mol. The van der Waals surface area contributed by atoms with Crippen LogP contribution in [-0.2, 0) is 4.74 Å². The molecule has 0 rings (SSSR count). The van der Waals surface area contributed by atoms with E-state index in [0.717, 1.165) is 0 Å². The van der Waals surface area contributed by atoms with E-state index in [1.807, 2.05) is 0 Å². The molecule has 0 saturated heterocycles. The maximum absolute atomic E-state index is 8.09. The maximum Gasteiger partial charge on any atom is 0.0698 e. The average Bonchev–Trinajstić information content (AvgIpc) is 1.69. The van der Waals surface area contributed by atoms with Gasteiger partial charge in [0.15, 0.2) is 0 Å². The molecule has 0 saturated carbocycles. The summed E-state index contributed by atoms with van der Waals surface area (Å²) < 4.78 is 4.63. The Morgan fingerprint density at radius 3 is 2.57 bits per heavy atom. The van der Waals surface area contributed by atoms with E-state index in [4.69, 9.17) is 10.8 Å². The Morgan fingerprint density at radius 2 is 2.14 bits per heavy atom. The van der Waals surface area contributed by atoms with Crippen LogP contribution in [0, 0.1) is 0 Å². The highest BCUT2D eigenvalue weighted by atomic mass is 16.5. The van der Waals surface area contributed by atoms with E-state index in [0.29, 0.717) is 13.2 Å². The van der Waals surface area contributed by atoms with Crippen molar-refractivity contribution in [1.29, 1.82) is 0 Å². The van der Waals surface area contributed by atoms with Gasteiger partial charge in [0, 0.05) is 0 Å². The highest BCUT2D eigenvalue weighted by Crippen LogP contribution is 1.67. The fourth-order valence-electron chi connectivity index (χ4n) is 0.231. The minimum Gasteiger partial charge on any atom is -0.394 e. The number of rotatable bonds is 4. The van der Waals surface area contributed by atoms with Crippen molar-refractivity contribution in [1.82, 2.24) is 5.73 Å². The lowest BCUT2D eigenvalue weighted by Crippen LogP contribution is -2.04. The summed E-state index contributed by atoms with van der Waals surface area (Å²) in [6.07, 6.45) is 0. The third kappa shape index (κ3) is 5.88. The van der Waals surface area contributed by atoms with E-state index >= 15 is 0 Å². The topological polar surface area (TPSA) is 51.8 Å². The highest BCUT2D eigenvalue weighted by molar-refractivity contribution is 4.27. The molecule has 0 aliphatic carbocycles. The molecule has 0 amide bonds. The lowest BCUT2D eigenvalue weighted by molar-refractivity contribution is 0.0970. The van der Waals surface area contributed by atoms with E-state index in [9.17, 15) is 0 Å². The largest absolute Gasteiger partial charge is 0.394 e. The SMILES string of the molecule is [N]CCOCCO. The Morgan fingerprint density at radius 1 is 1.43 bits per heavy atom. The smallest absolute Gasteiger partial charge is 0.0698 e. The van der Waals surface area contributed by atoms with Crippen molar-refractivity contribution in [2.45, 2.75) is 0 Å². The summed E-state index contributed by atoms with van der Waals surface area (Å²) in [7, 11) is 0. The van der Waals surface area contributed by atoms with Crippen LogP contribution in [0.1, 0.15) is 0 Å². The molecular formula is C4H9NO2. The summed E-state index contributed by atoms with van der Waals surface area (Å²) in [5.74, 6) is 0. The highest BCUT2D eigenvalue weighted by Gasteiger charge is 1.80. The standard InChI is InChI=1S/C4H9NO2/c5-1-3-7-4-2-6/h6H,1-4H2. The first-order valence-corrected chi connectivity index (χ1v) is 2.21. The summed E-state index contributed by atoms with van der Waals surface area (Å²) in [6.45, 7) is 0.696. The van der Waals surface area contributed by atoms with Crippen molar-refractivity contribution < 1.29 is 9.84 Å². The zero-order valence-electron chi connectivity index (χ0n) is 4.13. The van der Waals surface area contributed by atoms with Crippen molar-refractivity contribution >= 4 is 0 Å². The van der Waals surface area contributed by atoms with E-state index < -0.39 is 0 Å². The molecule has 0 aromatic carbocycles. The molecule has 0 aromatic rings. The predicted octanol–water partition coefficient (Wildman–Crippen LogP) is -0.936. The number of aliphatic hydroxyl groups is 1. The van der Waals surface area contributed by atoms with Crippen LogP contribution in [0.5, 0.6) is 0 Å². The van der Waals surface area contributed by atoms with E-state index in [-0.39, 0.29) is 13.2 Å².